The normalized spacial score (nSPS) is 14.6. The molecule has 1 aromatic carbocycles. The number of hydrogen-bond acceptors (Lipinski definition) is 3. The molecule has 0 spiro atoms. The summed E-state index contributed by atoms with van der Waals surface area (Å²) in [4.78, 5) is 23.4. The van der Waals surface area contributed by atoms with Gasteiger partial charge in [0, 0.05) is 11.1 Å². The first-order chi connectivity index (χ1) is 9.08. The number of carboxylic acids is 1. The molecule has 1 fully saturated rings. The lowest BCUT2D eigenvalue weighted by Crippen LogP contribution is -2.24. The summed E-state index contributed by atoms with van der Waals surface area (Å²) in [6.07, 6.45) is 1.62. The minimum absolute atomic E-state index is 0.0420. The first-order valence-electron chi connectivity index (χ1n) is 5.78. The van der Waals surface area contributed by atoms with Gasteiger partial charge < -0.3 is 5.11 Å². The molecule has 0 amide bonds. The van der Waals surface area contributed by atoms with Crippen LogP contribution in [0.1, 0.15) is 29.5 Å². The predicted molar refractivity (Wildman–Crippen MR) is 68.1 cm³/mol. The number of carbonyl (C=O) groups is 1. The zero-order valence-electron chi connectivity index (χ0n) is 9.78. The molecule has 0 atom stereocenters. The van der Waals surface area contributed by atoms with Crippen LogP contribution in [0.4, 0.5) is 0 Å². The lowest BCUT2D eigenvalue weighted by atomic mass is 10.3. The van der Waals surface area contributed by atoms with Gasteiger partial charge in [-0.15, -0.1) is 5.10 Å². The van der Waals surface area contributed by atoms with Gasteiger partial charge in [-0.25, -0.2) is 9.59 Å². The molecule has 3 rings (SSSR count). The SMILES string of the molecule is O=C(O)c1nn(-c2ccc(Cl)cc2)c(=O)n1C1CC1. The lowest BCUT2D eigenvalue weighted by Gasteiger charge is -1.99. The van der Waals surface area contributed by atoms with Crippen molar-refractivity contribution in [2.75, 3.05) is 0 Å². The molecule has 98 valence electrons. The standard InChI is InChI=1S/C12H10ClN3O3/c13-7-1-3-9(4-2-7)16-12(19)15(8-5-6-8)10(14-16)11(17)18/h1-4,8H,5-6H2,(H,17,18). The van der Waals surface area contributed by atoms with Crippen LogP contribution in [0.2, 0.25) is 5.02 Å². The number of hydrogen-bond donors (Lipinski definition) is 1. The molecule has 6 nitrogen and oxygen atoms in total. The van der Waals surface area contributed by atoms with Crippen LogP contribution in [0.5, 0.6) is 0 Å². The monoisotopic (exact) mass is 279 g/mol. The van der Waals surface area contributed by atoms with Crippen LogP contribution >= 0.6 is 11.6 Å². The van der Waals surface area contributed by atoms with Crippen LogP contribution in [0.3, 0.4) is 0 Å². The molecular weight excluding hydrogens is 270 g/mol. The van der Waals surface area contributed by atoms with Crippen molar-refractivity contribution in [1.82, 2.24) is 14.3 Å². The molecule has 1 aliphatic carbocycles. The van der Waals surface area contributed by atoms with E-state index < -0.39 is 11.7 Å². The number of halogens is 1. The maximum Gasteiger partial charge on any atom is 0.374 e. The molecular formula is C12H10ClN3O3. The molecule has 1 heterocycles. The Bertz CT molecular complexity index is 698. The minimum atomic E-state index is -1.20. The van der Waals surface area contributed by atoms with Gasteiger partial charge >= 0.3 is 11.7 Å². The molecule has 1 N–H and O–H groups in total. The quantitative estimate of drug-likeness (QED) is 0.928. The second-order valence-electron chi connectivity index (χ2n) is 4.40. The Balaban J connectivity index is 2.17. The van der Waals surface area contributed by atoms with Crippen molar-refractivity contribution in [3.63, 3.8) is 0 Å². The van der Waals surface area contributed by atoms with Crippen LogP contribution in [0.25, 0.3) is 5.69 Å². The fourth-order valence-electron chi connectivity index (χ4n) is 1.94. The van der Waals surface area contributed by atoms with Gasteiger partial charge in [0.1, 0.15) is 0 Å². The smallest absolute Gasteiger partial charge is 0.374 e. The predicted octanol–water partition coefficient (Wildman–Crippen LogP) is 1.72. The van der Waals surface area contributed by atoms with Crippen molar-refractivity contribution in [2.45, 2.75) is 18.9 Å². The molecule has 0 bridgehead atoms. The largest absolute Gasteiger partial charge is 0.475 e. The summed E-state index contributed by atoms with van der Waals surface area (Å²) < 4.78 is 2.34. The Morgan fingerprint density at radius 2 is 1.95 bits per heavy atom. The fraction of sp³-hybridized carbons (Fsp3) is 0.250. The zero-order chi connectivity index (χ0) is 13.6. The first-order valence-corrected chi connectivity index (χ1v) is 6.16. The fourth-order valence-corrected chi connectivity index (χ4v) is 2.06. The van der Waals surface area contributed by atoms with Crippen molar-refractivity contribution in [2.24, 2.45) is 0 Å². The Labute approximate surface area is 112 Å². The van der Waals surface area contributed by atoms with Crippen LogP contribution in [-0.4, -0.2) is 25.4 Å². The number of benzene rings is 1. The molecule has 0 unspecified atom stereocenters. The topological polar surface area (TPSA) is 77.1 Å². The second-order valence-corrected chi connectivity index (χ2v) is 4.84. The van der Waals surface area contributed by atoms with E-state index in [1.54, 1.807) is 24.3 Å². The van der Waals surface area contributed by atoms with Crippen molar-refractivity contribution in [3.8, 4) is 5.69 Å². The van der Waals surface area contributed by atoms with Crippen molar-refractivity contribution in [1.29, 1.82) is 0 Å². The summed E-state index contributed by atoms with van der Waals surface area (Å²) in [5.41, 5.74) is 0.0681. The van der Waals surface area contributed by atoms with E-state index in [-0.39, 0.29) is 11.9 Å². The summed E-state index contributed by atoms with van der Waals surface area (Å²) in [5, 5.41) is 13.5. The molecule has 0 aliphatic heterocycles. The van der Waals surface area contributed by atoms with E-state index in [0.29, 0.717) is 10.7 Å². The number of nitrogens with zero attached hydrogens (tertiary/aromatic N) is 3. The third-order valence-corrected chi connectivity index (χ3v) is 3.24. The maximum atomic E-state index is 12.2. The van der Waals surface area contributed by atoms with E-state index >= 15 is 0 Å². The highest BCUT2D eigenvalue weighted by atomic mass is 35.5. The van der Waals surface area contributed by atoms with Gasteiger partial charge in [0.15, 0.2) is 0 Å². The van der Waals surface area contributed by atoms with Gasteiger partial charge in [0.05, 0.1) is 5.69 Å². The molecule has 7 heteroatoms. The highest BCUT2D eigenvalue weighted by Crippen LogP contribution is 2.34. The van der Waals surface area contributed by atoms with Gasteiger partial charge in [-0.2, -0.15) is 4.68 Å². The highest BCUT2D eigenvalue weighted by molar-refractivity contribution is 6.30. The average molecular weight is 280 g/mol. The Morgan fingerprint density at radius 1 is 1.32 bits per heavy atom. The Morgan fingerprint density at radius 3 is 2.47 bits per heavy atom. The number of rotatable bonds is 3. The molecule has 1 aliphatic rings. The molecule has 0 radical (unpaired) electrons. The zero-order valence-corrected chi connectivity index (χ0v) is 10.5. The van der Waals surface area contributed by atoms with E-state index in [0.717, 1.165) is 17.5 Å². The maximum absolute atomic E-state index is 12.2. The molecule has 0 saturated heterocycles. The van der Waals surface area contributed by atoms with Crippen LogP contribution in [0.15, 0.2) is 29.1 Å². The van der Waals surface area contributed by atoms with E-state index in [1.807, 2.05) is 0 Å². The van der Waals surface area contributed by atoms with Crippen LogP contribution < -0.4 is 5.69 Å². The van der Waals surface area contributed by atoms with Crippen molar-refractivity contribution in [3.05, 3.63) is 45.6 Å². The summed E-state index contributed by atoms with van der Waals surface area (Å²) in [6.45, 7) is 0. The Hall–Kier alpha value is -2.08. The van der Waals surface area contributed by atoms with E-state index in [2.05, 4.69) is 5.10 Å². The third kappa shape index (κ3) is 2.04. The van der Waals surface area contributed by atoms with E-state index in [9.17, 15) is 9.59 Å². The highest BCUT2D eigenvalue weighted by Gasteiger charge is 2.32. The number of carboxylic acid groups (broad SMARTS) is 1. The number of aromatic nitrogens is 3. The molecule has 2 aromatic rings. The lowest BCUT2D eigenvalue weighted by molar-refractivity contribution is 0.0676. The molecule has 19 heavy (non-hydrogen) atoms. The summed E-state index contributed by atoms with van der Waals surface area (Å²) in [5.74, 6) is -1.42. The van der Waals surface area contributed by atoms with E-state index in [1.165, 1.54) is 4.57 Å². The van der Waals surface area contributed by atoms with Crippen LogP contribution in [0, 0.1) is 0 Å². The second kappa shape index (κ2) is 4.24. The number of aromatic carboxylic acids is 1. The van der Waals surface area contributed by atoms with Gasteiger partial charge in [-0.3, -0.25) is 4.57 Å². The average Bonchev–Trinajstić information content (AvgIpc) is 3.14. The van der Waals surface area contributed by atoms with Gasteiger partial charge in [0.25, 0.3) is 0 Å². The first kappa shape index (κ1) is 12.0. The third-order valence-electron chi connectivity index (χ3n) is 2.98. The van der Waals surface area contributed by atoms with Gasteiger partial charge in [0.2, 0.25) is 5.82 Å². The van der Waals surface area contributed by atoms with Crippen molar-refractivity contribution < 1.29 is 9.90 Å². The summed E-state index contributed by atoms with van der Waals surface area (Å²) >= 11 is 5.78. The Kier molecular flexibility index (Phi) is 2.67. The molecule has 1 saturated carbocycles. The summed E-state index contributed by atoms with van der Waals surface area (Å²) in [7, 11) is 0. The van der Waals surface area contributed by atoms with Crippen molar-refractivity contribution >= 4 is 17.6 Å². The van der Waals surface area contributed by atoms with Gasteiger partial charge in [-0.05, 0) is 37.1 Å². The minimum Gasteiger partial charge on any atom is -0.475 e. The summed E-state index contributed by atoms with van der Waals surface area (Å²) in [6, 6.07) is 6.46. The van der Waals surface area contributed by atoms with Crippen LogP contribution in [-0.2, 0) is 0 Å². The van der Waals surface area contributed by atoms with Gasteiger partial charge in [-0.1, -0.05) is 11.6 Å². The molecule has 1 aromatic heterocycles. The van der Waals surface area contributed by atoms with E-state index in [4.69, 9.17) is 16.7 Å².